The van der Waals surface area contributed by atoms with E-state index < -0.39 is 0 Å². The third kappa shape index (κ3) is 2.22. The largest absolute Gasteiger partial charge is 0.440 e. The van der Waals surface area contributed by atoms with Crippen LogP contribution in [0, 0.1) is 11.6 Å². The van der Waals surface area contributed by atoms with Crippen LogP contribution in [0.3, 0.4) is 0 Å². The second-order valence-electron chi connectivity index (χ2n) is 5.45. The van der Waals surface area contributed by atoms with E-state index in [2.05, 4.69) is 35.1 Å². The number of benzene rings is 2. The van der Waals surface area contributed by atoms with Gasteiger partial charge in [0, 0.05) is 12.0 Å². The van der Waals surface area contributed by atoms with Crippen molar-refractivity contribution in [2.75, 3.05) is 0 Å². The lowest BCUT2D eigenvalue weighted by atomic mass is 10.0. The summed E-state index contributed by atoms with van der Waals surface area (Å²) in [6.07, 6.45) is 0.752. The number of rotatable bonds is 1. The zero-order valence-corrected chi connectivity index (χ0v) is 12.9. The van der Waals surface area contributed by atoms with Gasteiger partial charge in [-0.25, -0.2) is 4.98 Å². The Labute approximate surface area is 133 Å². The van der Waals surface area contributed by atoms with Crippen LogP contribution in [0.5, 0.6) is 11.6 Å². The zero-order valence-electron chi connectivity index (χ0n) is 12.1. The van der Waals surface area contributed by atoms with E-state index in [0.29, 0.717) is 10.5 Å². The highest BCUT2D eigenvalue weighted by atomic mass is 32.1. The molecular formula is C18H14N2OS. The second kappa shape index (κ2) is 5.07. The lowest BCUT2D eigenvalue weighted by molar-refractivity contribution is 0.439. The first-order valence-electron chi connectivity index (χ1n) is 7.17. The van der Waals surface area contributed by atoms with Crippen LogP contribution in [-0.2, 0) is 6.42 Å². The molecule has 108 valence electrons. The van der Waals surface area contributed by atoms with Gasteiger partial charge >= 0.3 is 0 Å². The fourth-order valence-corrected chi connectivity index (χ4v) is 2.87. The van der Waals surface area contributed by atoms with Crippen molar-refractivity contribution in [1.29, 1.82) is 0 Å². The van der Waals surface area contributed by atoms with E-state index in [1.54, 1.807) is 0 Å². The molecule has 0 aliphatic carbocycles. The Bertz CT molecular complexity index is 913. The fraction of sp³-hybridized carbons (Fsp3) is 0.111. The van der Waals surface area contributed by atoms with E-state index >= 15 is 0 Å². The summed E-state index contributed by atoms with van der Waals surface area (Å²) < 4.78 is 6.58. The van der Waals surface area contributed by atoms with Gasteiger partial charge in [0.25, 0.3) is 0 Å². The SMILES string of the molecule is Cc1ccc(-c2nc(=S)c3c([nH]2)Oc2ccccc2C3)cc1. The van der Waals surface area contributed by atoms with E-state index in [9.17, 15) is 0 Å². The van der Waals surface area contributed by atoms with E-state index in [4.69, 9.17) is 17.0 Å². The van der Waals surface area contributed by atoms with Crippen molar-refractivity contribution in [1.82, 2.24) is 9.97 Å². The molecule has 0 bridgehead atoms. The Morgan fingerprint density at radius 1 is 1.09 bits per heavy atom. The summed E-state index contributed by atoms with van der Waals surface area (Å²) in [7, 11) is 0. The number of aromatic nitrogens is 2. The molecule has 22 heavy (non-hydrogen) atoms. The molecule has 2 heterocycles. The van der Waals surface area contributed by atoms with Gasteiger partial charge in [0.2, 0.25) is 5.88 Å². The van der Waals surface area contributed by atoms with Crippen molar-refractivity contribution >= 4 is 12.2 Å². The number of H-pyrrole nitrogens is 1. The molecular weight excluding hydrogens is 292 g/mol. The molecule has 0 saturated heterocycles. The zero-order chi connectivity index (χ0) is 15.1. The molecule has 1 N–H and O–H groups in total. The lowest BCUT2D eigenvalue weighted by Gasteiger charge is -2.20. The molecule has 3 nitrogen and oxygen atoms in total. The Morgan fingerprint density at radius 2 is 1.86 bits per heavy atom. The third-order valence-electron chi connectivity index (χ3n) is 3.85. The van der Waals surface area contributed by atoms with Crippen LogP contribution in [0.2, 0.25) is 0 Å². The Hall–Kier alpha value is -2.46. The average molecular weight is 306 g/mol. The molecule has 0 saturated carbocycles. The number of aromatic amines is 1. The summed E-state index contributed by atoms with van der Waals surface area (Å²) >= 11 is 5.47. The van der Waals surface area contributed by atoms with Crippen LogP contribution >= 0.6 is 12.2 Å². The summed E-state index contributed by atoms with van der Waals surface area (Å²) in [5, 5.41) is 0. The van der Waals surface area contributed by atoms with Crippen LogP contribution in [-0.4, -0.2) is 9.97 Å². The van der Waals surface area contributed by atoms with Gasteiger partial charge in [0.15, 0.2) is 0 Å². The molecule has 1 aliphatic heterocycles. The predicted molar refractivity (Wildman–Crippen MR) is 88.9 cm³/mol. The maximum atomic E-state index is 5.98. The van der Waals surface area contributed by atoms with E-state index in [-0.39, 0.29) is 0 Å². The van der Waals surface area contributed by atoms with Gasteiger partial charge in [-0.05, 0) is 18.6 Å². The Kier molecular flexibility index (Phi) is 3.05. The first kappa shape index (κ1) is 13.2. The van der Waals surface area contributed by atoms with Gasteiger partial charge < -0.3 is 9.72 Å². The monoisotopic (exact) mass is 306 g/mol. The number of fused-ring (bicyclic) bond motifs is 2. The number of nitrogens with one attached hydrogen (secondary N) is 1. The van der Waals surface area contributed by atoms with Crippen molar-refractivity contribution in [3.63, 3.8) is 0 Å². The standard InChI is InChI=1S/C18H14N2OS/c1-11-6-8-12(9-7-11)16-19-17-14(18(22)20-16)10-13-4-2-3-5-15(13)21-17/h2-9H,10H2,1H3,(H,19,20,22). The maximum absolute atomic E-state index is 5.98. The van der Waals surface area contributed by atoms with Gasteiger partial charge in [-0.3, -0.25) is 0 Å². The van der Waals surface area contributed by atoms with Gasteiger partial charge in [0.1, 0.15) is 16.2 Å². The highest BCUT2D eigenvalue weighted by molar-refractivity contribution is 7.71. The van der Waals surface area contributed by atoms with Crippen molar-refractivity contribution in [3.8, 4) is 23.0 Å². The summed E-state index contributed by atoms with van der Waals surface area (Å²) in [6.45, 7) is 2.06. The molecule has 1 aliphatic rings. The Morgan fingerprint density at radius 3 is 2.68 bits per heavy atom. The molecule has 3 aromatic rings. The average Bonchev–Trinajstić information content (AvgIpc) is 2.54. The van der Waals surface area contributed by atoms with E-state index in [0.717, 1.165) is 34.7 Å². The minimum atomic E-state index is 0.596. The number of nitrogens with zero attached hydrogens (tertiary/aromatic N) is 1. The summed E-state index contributed by atoms with van der Waals surface area (Å²) in [5.74, 6) is 2.32. The van der Waals surface area contributed by atoms with Crippen LogP contribution in [0.25, 0.3) is 11.4 Å². The minimum Gasteiger partial charge on any atom is -0.440 e. The topological polar surface area (TPSA) is 37.9 Å². The predicted octanol–water partition coefficient (Wildman–Crippen LogP) is 4.81. The molecule has 1 aromatic heterocycles. The molecule has 4 heteroatoms. The Balaban J connectivity index is 1.82. The third-order valence-corrected chi connectivity index (χ3v) is 4.19. The maximum Gasteiger partial charge on any atom is 0.205 e. The lowest BCUT2D eigenvalue weighted by Crippen LogP contribution is -2.07. The molecule has 0 radical (unpaired) electrons. The first-order valence-corrected chi connectivity index (χ1v) is 7.57. The smallest absolute Gasteiger partial charge is 0.205 e. The van der Waals surface area contributed by atoms with Gasteiger partial charge in [0.05, 0.1) is 5.56 Å². The highest BCUT2D eigenvalue weighted by Gasteiger charge is 2.20. The fourth-order valence-electron chi connectivity index (χ4n) is 2.62. The second-order valence-corrected chi connectivity index (χ2v) is 5.84. The normalized spacial score (nSPS) is 12.2. The molecule has 4 rings (SSSR count). The summed E-state index contributed by atoms with van der Waals surface area (Å²) in [4.78, 5) is 7.82. The molecule has 0 unspecified atom stereocenters. The van der Waals surface area contributed by atoms with Crippen molar-refractivity contribution in [2.45, 2.75) is 13.3 Å². The first-order chi connectivity index (χ1) is 10.7. The van der Waals surface area contributed by atoms with Crippen LogP contribution in [0.4, 0.5) is 0 Å². The van der Waals surface area contributed by atoms with E-state index in [1.165, 1.54) is 5.56 Å². The van der Waals surface area contributed by atoms with Crippen LogP contribution in [0.15, 0.2) is 48.5 Å². The summed E-state index contributed by atoms with van der Waals surface area (Å²) in [5.41, 5.74) is 4.30. The van der Waals surface area contributed by atoms with E-state index in [1.807, 2.05) is 30.3 Å². The highest BCUT2D eigenvalue weighted by Crippen LogP contribution is 2.36. The van der Waals surface area contributed by atoms with Gasteiger partial charge in [-0.1, -0.05) is 60.2 Å². The number of hydrogen-bond acceptors (Lipinski definition) is 3. The molecule has 0 amide bonds. The number of aryl methyl sites for hydroxylation is 1. The molecule has 0 fully saturated rings. The van der Waals surface area contributed by atoms with Crippen molar-refractivity contribution < 1.29 is 4.74 Å². The van der Waals surface area contributed by atoms with Crippen LogP contribution in [0.1, 0.15) is 16.7 Å². The number of para-hydroxylation sites is 1. The van der Waals surface area contributed by atoms with Gasteiger partial charge in [-0.15, -0.1) is 0 Å². The summed E-state index contributed by atoms with van der Waals surface area (Å²) in [6, 6.07) is 16.2. The van der Waals surface area contributed by atoms with Gasteiger partial charge in [-0.2, -0.15) is 0 Å². The van der Waals surface area contributed by atoms with Crippen LogP contribution < -0.4 is 4.74 Å². The number of ether oxygens (including phenoxy) is 1. The molecule has 0 spiro atoms. The van der Waals surface area contributed by atoms with Crippen molar-refractivity contribution in [3.05, 3.63) is 69.9 Å². The molecule has 2 aromatic carbocycles. The minimum absolute atomic E-state index is 0.596. The number of hydrogen-bond donors (Lipinski definition) is 1. The molecule has 0 atom stereocenters. The quantitative estimate of drug-likeness (QED) is 0.513. The van der Waals surface area contributed by atoms with Crippen molar-refractivity contribution in [2.24, 2.45) is 0 Å².